The molecule has 10 heavy (non-hydrogen) atoms. The summed E-state index contributed by atoms with van der Waals surface area (Å²) >= 11 is 1.55. The molecule has 0 heterocycles. The van der Waals surface area contributed by atoms with Crippen LogP contribution in [0.2, 0.25) is 0 Å². The van der Waals surface area contributed by atoms with Crippen molar-refractivity contribution in [3.05, 3.63) is 0 Å². The van der Waals surface area contributed by atoms with Gasteiger partial charge in [0, 0.05) is 0 Å². The molecule has 0 bridgehead atoms. The summed E-state index contributed by atoms with van der Waals surface area (Å²) in [4.78, 5) is 10.7. The fraction of sp³-hybridized carbons (Fsp3) is 0.833. The number of nitrogens with two attached hydrogens (primary N) is 1. The second-order valence-electron chi connectivity index (χ2n) is 2.63. The predicted octanol–water partition coefficient (Wildman–Crippen LogP) is 1.25. The summed E-state index contributed by atoms with van der Waals surface area (Å²) in [5.74, 6) is 0.0970. The molecule has 0 saturated carbocycles. The van der Waals surface area contributed by atoms with Crippen LogP contribution >= 0.6 is 23.0 Å². The van der Waals surface area contributed by atoms with Gasteiger partial charge in [0.25, 0.3) is 0 Å². The monoisotopic (exact) mass is 257 g/mol. The van der Waals surface area contributed by atoms with Crippen molar-refractivity contribution in [2.24, 2.45) is 11.7 Å². The van der Waals surface area contributed by atoms with E-state index in [4.69, 9.17) is 5.73 Å². The van der Waals surface area contributed by atoms with Crippen LogP contribution in [0, 0.1) is 5.92 Å². The maximum absolute atomic E-state index is 10.7. The summed E-state index contributed by atoms with van der Waals surface area (Å²) in [5, 5.41) is 0. The van der Waals surface area contributed by atoms with Gasteiger partial charge in [-0.3, -0.25) is 0 Å². The smallest absolute Gasteiger partial charge is 0.332 e. The summed E-state index contributed by atoms with van der Waals surface area (Å²) < 4.78 is 4.42. The molecule has 1 atom stereocenters. The van der Waals surface area contributed by atoms with E-state index in [-0.39, 0.29) is 5.97 Å². The number of hydrogen-bond donors (Lipinski definition) is 1. The van der Waals surface area contributed by atoms with Gasteiger partial charge in [0.05, 0.1) is 0 Å². The normalized spacial score (nSPS) is 13.3. The first-order valence-corrected chi connectivity index (χ1v) is 4.04. The van der Waals surface area contributed by atoms with Crippen molar-refractivity contribution in [2.75, 3.05) is 0 Å². The van der Waals surface area contributed by atoms with E-state index in [2.05, 4.69) is 3.07 Å². The van der Waals surface area contributed by atoms with Gasteiger partial charge in [0.2, 0.25) is 0 Å². The maximum atomic E-state index is 10.7. The third-order valence-corrected chi connectivity index (χ3v) is 1.54. The Bertz CT molecular complexity index is 116. The fourth-order valence-electron chi connectivity index (χ4n) is 0.661. The molecular weight excluding hydrogens is 245 g/mol. The molecule has 0 spiro atoms. The second kappa shape index (κ2) is 4.90. The van der Waals surface area contributed by atoms with Gasteiger partial charge in [0.1, 0.15) is 6.04 Å². The highest BCUT2D eigenvalue weighted by atomic mass is 127. The zero-order valence-electron chi connectivity index (χ0n) is 6.13. The molecule has 0 aromatic rings. The molecule has 0 amide bonds. The first-order valence-electron chi connectivity index (χ1n) is 3.16. The molecular formula is C6H12INO2. The highest BCUT2D eigenvalue weighted by Gasteiger charge is 2.14. The summed E-state index contributed by atoms with van der Waals surface area (Å²) in [7, 11) is 0. The average molecular weight is 257 g/mol. The summed E-state index contributed by atoms with van der Waals surface area (Å²) in [5.41, 5.74) is 5.45. The molecule has 0 radical (unpaired) electrons. The molecule has 0 rings (SSSR count). The maximum Gasteiger partial charge on any atom is 0.332 e. The van der Waals surface area contributed by atoms with E-state index in [0.29, 0.717) is 12.3 Å². The quantitative estimate of drug-likeness (QED) is 0.774. The Morgan fingerprint density at radius 3 is 2.50 bits per heavy atom. The van der Waals surface area contributed by atoms with Gasteiger partial charge >= 0.3 is 5.97 Å². The first kappa shape index (κ1) is 10.2. The molecule has 0 unspecified atom stereocenters. The largest absolute Gasteiger partial charge is 0.393 e. The second-order valence-corrected chi connectivity index (χ2v) is 3.07. The minimum atomic E-state index is -0.461. The minimum absolute atomic E-state index is 0.339. The van der Waals surface area contributed by atoms with Crippen molar-refractivity contribution in [3.8, 4) is 0 Å². The topological polar surface area (TPSA) is 52.3 Å². The van der Waals surface area contributed by atoms with E-state index < -0.39 is 6.04 Å². The lowest BCUT2D eigenvalue weighted by atomic mass is 10.1. The van der Waals surface area contributed by atoms with Crippen molar-refractivity contribution in [3.63, 3.8) is 0 Å². The lowest BCUT2D eigenvalue weighted by Gasteiger charge is -2.09. The van der Waals surface area contributed by atoms with Crippen LogP contribution in [0.4, 0.5) is 0 Å². The Balaban J connectivity index is 3.61. The van der Waals surface area contributed by atoms with E-state index in [1.807, 2.05) is 13.8 Å². The van der Waals surface area contributed by atoms with Crippen molar-refractivity contribution >= 4 is 29.0 Å². The van der Waals surface area contributed by atoms with Gasteiger partial charge in [-0.15, -0.1) is 0 Å². The van der Waals surface area contributed by atoms with Crippen molar-refractivity contribution in [1.82, 2.24) is 0 Å². The van der Waals surface area contributed by atoms with Gasteiger partial charge in [-0.1, -0.05) is 13.8 Å². The van der Waals surface area contributed by atoms with Crippen LogP contribution in [0.15, 0.2) is 0 Å². The summed E-state index contributed by atoms with van der Waals surface area (Å²) in [6, 6.07) is -0.461. The van der Waals surface area contributed by atoms with Crippen LogP contribution in [0.5, 0.6) is 0 Å². The van der Waals surface area contributed by atoms with Crippen LogP contribution in [0.25, 0.3) is 0 Å². The summed E-state index contributed by atoms with van der Waals surface area (Å²) in [6.07, 6.45) is 0.682. The molecule has 2 N–H and O–H groups in total. The number of hydrogen-bond acceptors (Lipinski definition) is 3. The van der Waals surface area contributed by atoms with Gasteiger partial charge in [-0.2, -0.15) is 0 Å². The Labute approximate surface area is 75.0 Å². The Morgan fingerprint density at radius 2 is 2.20 bits per heavy atom. The van der Waals surface area contributed by atoms with Gasteiger partial charge in [-0.05, 0) is 12.3 Å². The highest BCUT2D eigenvalue weighted by molar-refractivity contribution is 14.1. The Hall–Kier alpha value is 0.160. The zero-order chi connectivity index (χ0) is 8.15. The molecule has 4 heteroatoms. The van der Waals surface area contributed by atoms with Crippen LogP contribution in [0.3, 0.4) is 0 Å². The standard InChI is InChI=1S/C6H12INO2/c1-4(2)3-5(8)6(9)10-7/h4-5H,3,8H2,1-2H3/t5-/m0/s1. The molecule has 3 nitrogen and oxygen atoms in total. The first-order chi connectivity index (χ1) is 4.57. The average Bonchev–Trinajstić information content (AvgIpc) is 1.85. The van der Waals surface area contributed by atoms with Crippen molar-refractivity contribution in [2.45, 2.75) is 26.3 Å². The molecule has 60 valence electrons. The number of carbonyl (C=O) groups is 1. The molecule has 0 saturated heterocycles. The molecule has 0 aliphatic heterocycles. The van der Waals surface area contributed by atoms with Crippen LogP contribution in [-0.4, -0.2) is 12.0 Å². The fourth-order valence-corrected chi connectivity index (χ4v) is 0.988. The van der Waals surface area contributed by atoms with E-state index in [1.54, 1.807) is 23.0 Å². The van der Waals surface area contributed by atoms with Crippen LogP contribution in [-0.2, 0) is 7.86 Å². The highest BCUT2D eigenvalue weighted by Crippen LogP contribution is 2.04. The van der Waals surface area contributed by atoms with Crippen LogP contribution < -0.4 is 5.73 Å². The molecule has 0 aromatic heterocycles. The predicted molar refractivity (Wildman–Crippen MR) is 47.5 cm³/mol. The SMILES string of the molecule is CC(C)C[C@H](N)C(=O)OI. The lowest BCUT2D eigenvalue weighted by molar-refractivity contribution is -0.133. The molecule has 0 aliphatic rings. The molecule has 0 aliphatic carbocycles. The van der Waals surface area contributed by atoms with E-state index in [0.717, 1.165) is 0 Å². The van der Waals surface area contributed by atoms with Crippen molar-refractivity contribution < 1.29 is 7.86 Å². The Kier molecular flexibility index (Phi) is 4.98. The van der Waals surface area contributed by atoms with Gasteiger partial charge < -0.3 is 8.80 Å². The van der Waals surface area contributed by atoms with Crippen molar-refractivity contribution in [1.29, 1.82) is 0 Å². The Morgan fingerprint density at radius 1 is 1.70 bits per heavy atom. The number of halogens is 1. The third kappa shape index (κ3) is 4.05. The van der Waals surface area contributed by atoms with E-state index >= 15 is 0 Å². The molecule has 0 fully saturated rings. The third-order valence-electron chi connectivity index (χ3n) is 1.10. The summed E-state index contributed by atoms with van der Waals surface area (Å²) in [6.45, 7) is 4.03. The minimum Gasteiger partial charge on any atom is -0.393 e. The zero-order valence-corrected chi connectivity index (χ0v) is 8.29. The van der Waals surface area contributed by atoms with Gasteiger partial charge in [0.15, 0.2) is 23.0 Å². The van der Waals surface area contributed by atoms with Gasteiger partial charge in [-0.25, -0.2) is 4.79 Å². The van der Waals surface area contributed by atoms with E-state index in [1.165, 1.54) is 0 Å². The molecule has 0 aromatic carbocycles. The number of carbonyl (C=O) groups excluding carboxylic acids is 1. The van der Waals surface area contributed by atoms with Crippen LogP contribution in [0.1, 0.15) is 20.3 Å². The lowest BCUT2D eigenvalue weighted by Crippen LogP contribution is -2.31. The van der Waals surface area contributed by atoms with E-state index in [9.17, 15) is 4.79 Å². The number of rotatable bonds is 3.